The molecule has 24 heavy (non-hydrogen) atoms. The lowest BCUT2D eigenvalue weighted by atomic mass is 9.86. The molecule has 0 spiro atoms. The molecule has 0 amide bonds. The van der Waals surface area contributed by atoms with Crippen LogP contribution in [0.2, 0.25) is 0 Å². The summed E-state index contributed by atoms with van der Waals surface area (Å²) in [5.41, 5.74) is 0.818. The molecule has 1 heterocycles. The molecule has 126 valence electrons. The highest BCUT2D eigenvalue weighted by Crippen LogP contribution is 2.38. The van der Waals surface area contributed by atoms with Gasteiger partial charge in [-0.2, -0.15) is 0 Å². The highest BCUT2D eigenvalue weighted by atomic mass is 16.6. The van der Waals surface area contributed by atoms with Crippen LogP contribution >= 0.6 is 0 Å². The van der Waals surface area contributed by atoms with Crippen molar-refractivity contribution >= 4 is 17.3 Å². The predicted molar refractivity (Wildman–Crippen MR) is 84.1 cm³/mol. The number of carbonyl (C=O) groups is 1. The second-order valence-corrected chi connectivity index (χ2v) is 5.24. The molecule has 9 nitrogen and oxygen atoms in total. The number of nitro groups is 2. The molecular formula is C15H15N3O6. The Morgan fingerprint density at radius 3 is 2.42 bits per heavy atom. The molecule has 0 aliphatic carbocycles. The number of ether oxygens (including phenoxy) is 1. The number of nitrogens with zero attached hydrogens (tertiary/aromatic N) is 2. The second kappa shape index (κ2) is 6.49. The van der Waals surface area contributed by atoms with E-state index in [2.05, 4.69) is 5.32 Å². The van der Waals surface area contributed by atoms with E-state index in [1.807, 2.05) is 0 Å². The van der Waals surface area contributed by atoms with Gasteiger partial charge in [0.25, 0.3) is 11.4 Å². The molecule has 0 fully saturated rings. The number of nitrogens with one attached hydrogen (secondary N) is 1. The lowest BCUT2D eigenvalue weighted by molar-refractivity contribution is -0.394. The second-order valence-electron chi connectivity index (χ2n) is 5.24. The van der Waals surface area contributed by atoms with E-state index >= 15 is 0 Å². The highest BCUT2D eigenvalue weighted by Gasteiger charge is 2.33. The first-order valence-corrected chi connectivity index (χ1v) is 6.93. The van der Waals surface area contributed by atoms with Crippen LogP contribution in [0.25, 0.3) is 0 Å². The molecule has 1 aliphatic heterocycles. The quantitative estimate of drug-likeness (QED) is 0.510. The molecule has 0 radical (unpaired) electrons. The lowest BCUT2D eigenvalue weighted by Crippen LogP contribution is -2.25. The zero-order chi connectivity index (χ0) is 18.0. The van der Waals surface area contributed by atoms with Crippen LogP contribution in [0.1, 0.15) is 25.3 Å². The van der Waals surface area contributed by atoms with E-state index < -0.39 is 27.4 Å². The number of allylic oxidation sites excluding steroid dienone is 3. The summed E-state index contributed by atoms with van der Waals surface area (Å²) in [5, 5.41) is 25.2. The van der Waals surface area contributed by atoms with Gasteiger partial charge in [-0.1, -0.05) is 6.08 Å². The minimum Gasteiger partial charge on any atom is -0.466 e. The average Bonchev–Trinajstić information content (AvgIpc) is 2.52. The summed E-state index contributed by atoms with van der Waals surface area (Å²) in [4.78, 5) is 32.9. The maximum Gasteiger partial charge on any atom is 0.336 e. The molecule has 2 rings (SSSR count). The van der Waals surface area contributed by atoms with Gasteiger partial charge >= 0.3 is 5.97 Å². The molecule has 1 aliphatic rings. The van der Waals surface area contributed by atoms with Gasteiger partial charge in [-0.15, -0.1) is 0 Å². The molecule has 1 aromatic rings. The fourth-order valence-corrected chi connectivity index (χ4v) is 2.67. The first-order valence-electron chi connectivity index (χ1n) is 6.93. The van der Waals surface area contributed by atoms with Crippen LogP contribution in [0.5, 0.6) is 0 Å². The van der Waals surface area contributed by atoms with Crippen molar-refractivity contribution in [3.63, 3.8) is 0 Å². The zero-order valence-corrected chi connectivity index (χ0v) is 13.2. The van der Waals surface area contributed by atoms with Crippen molar-refractivity contribution < 1.29 is 19.4 Å². The van der Waals surface area contributed by atoms with Gasteiger partial charge in [0.2, 0.25) is 0 Å². The zero-order valence-electron chi connectivity index (χ0n) is 13.2. The monoisotopic (exact) mass is 333 g/mol. The maximum absolute atomic E-state index is 12.1. The van der Waals surface area contributed by atoms with Gasteiger partial charge in [0.05, 0.1) is 28.6 Å². The maximum atomic E-state index is 12.1. The van der Waals surface area contributed by atoms with Gasteiger partial charge in [-0.25, -0.2) is 4.79 Å². The van der Waals surface area contributed by atoms with Gasteiger partial charge < -0.3 is 10.1 Å². The number of esters is 1. The normalized spacial score (nSPS) is 17.0. The van der Waals surface area contributed by atoms with E-state index in [9.17, 15) is 25.0 Å². The van der Waals surface area contributed by atoms with Crippen molar-refractivity contribution in [2.24, 2.45) is 0 Å². The Hall–Kier alpha value is -3.23. The van der Waals surface area contributed by atoms with Gasteiger partial charge in [0.1, 0.15) is 0 Å². The van der Waals surface area contributed by atoms with Crippen molar-refractivity contribution in [1.29, 1.82) is 0 Å². The summed E-state index contributed by atoms with van der Waals surface area (Å²) in [5.74, 6) is -1.36. The van der Waals surface area contributed by atoms with Crippen molar-refractivity contribution in [2.75, 3.05) is 7.11 Å². The van der Waals surface area contributed by atoms with Crippen LogP contribution in [0, 0.1) is 20.2 Å². The first kappa shape index (κ1) is 17.1. The van der Waals surface area contributed by atoms with Crippen LogP contribution < -0.4 is 5.32 Å². The molecule has 1 aromatic carbocycles. The van der Waals surface area contributed by atoms with Crippen molar-refractivity contribution in [2.45, 2.75) is 19.8 Å². The summed E-state index contributed by atoms with van der Waals surface area (Å²) in [7, 11) is 1.22. The Morgan fingerprint density at radius 2 is 1.88 bits per heavy atom. The molecule has 0 saturated heterocycles. The minimum absolute atomic E-state index is 0.186. The Bertz CT molecular complexity index is 796. The van der Waals surface area contributed by atoms with Crippen molar-refractivity contribution in [1.82, 2.24) is 5.32 Å². The number of hydrogen-bond acceptors (Lipinski definition) is 7. The molecule has 1 unspecified atom stereocenters. The summed E-state index contributed by atoms with van der Waals surface area (Å²) >= 11 is 0. The highest BCUT2D eigenvalue weighted by molar-refractivity contribution is 5.92. The van der Waals surface area contributed by atoms with E-state index in [0.29, 0.717) is 11.4 Å². The number of non-ortho nitro benzene ring substituents is 1. The third-order valence-corrected chi connectivity index (χ3v) is 3.68. The van der Waals surface area contributed by atoms with E-state index in [1.165, 1.54) is 19.2 Å². The van der Waals surface area contributed by atoms with Crippen LogP contribution in [-0.4, -0.2) is 22.9 Å². The minimum atomic E-state index is -0.736. The average molecular weight is 333 g/mol. The van der Waals surface area contributed by atoms with Gasteiger partial charge in [-0.05, 0) is 19.9 Å². The molecule has 0 aromatic heterocycles. The standard InChI is InChI=1S/C15H15N3O6/c1-8-6-12(14(9(2)16-8)15(19)24-3)11-5-4-10(17(20)21)7-13(11)18(22)23/h4-7,12,16H,1-3H3. The van der Waals surface area contributed by atoms with Gasteiger partial charge in [0.15, 0.2) is 0 Å². The Labute approximate surface area is 136 Å². The number of nitro benzene ring substituents is 2. The largest absolute Gasteiger partial charge is 0.466 e. The molecule has 0 saturated carbocycles. The number of rotatable bonds is 4. The van der Waals surface area contributed by atoms with Gasteiger partial charge in [0, 0.05) is 28.9 Å². The number of hydrogen-bond donors (Lipinski definition) is 1. The molecule has 9 heteroatoms. The fraction of sp³-hybridized carbons (Fsp3) is 0.267. The van der Waals surface area contributed by atoms with Gasteiger partial charge in [-0.3, -0.25) is 20.2 Å². The lowest BCUT2D eigenvalue weighted by Gasteiger charge is -2.25. The summed E-state index contributed by atoms with van der Waals surface area (Å²) in [6.07, 6.45) is 1.65. The molecule has 0 bridgehead atoms. The summed E-state index contributed by atoms with van der Waals surface area (Å²) < 4.78 is 4.77. The SMILES string of the molecule is COC(=O)C1=C(C)NC(C)=CC1c1ccc([N+](=O)[O-])cc1[N+](=O)[O-]. The van der Waals surface area contributed by atoms with Crippen LogP contribution in [0.4, 0.5) is 11.4 Å². The van der Waals surface area contributed by atoms with Crippen LogP contribution in [0.3, 0.4) is 0 Å². The Morgan fingerprint density at radius 1 is 1.21 bits per heavy atom. The number of methoxy groups -OCH3 is 1. The fourth-order valence-electron chi connectivity index (χ4n) is 2.67. The number of dihydropyridines is 1. The van der Waals surface area contributed by atoms with Crippen LogP contribution in [0.15, 0.2) is 41.2 Å². The van der Waals surface area contributed by atoms with E-state index in [0.717, 1.165) is 6.07 Å². The number of benzene rings is 1. The first-order chi connectivity index (χ1) is 11.3. The third-order valence-electron chi connectivity index (χ3n) is 3.68. The third kappa shape index (κ3) is 3.09. The molecular weight excluding hydrogens is 318 g/mol. The Balaban J connectivity index is 2.67. The number of carbonyl (C=O) groups excluding carboxylic acids is 1. The molecule has 1 atom stereocenters. The molecule has 1 N–H and O–H groups in total. The Kier molecular flexibility index (Phi) is 4.63. The van der Waals surface area contributed by atoms with E-state index in [-0.39, 0.29) is 16.8 Å². The van der Waals surface area contributed by atoms with Crippen molar-refractivity contribution in [3.8, 4) is 0 Å². The van der Waals surface area contributed by atoms with E-state index in [1.54, 1.807) is 19.9 Å². The summed E-state index contributed by atoms with van der Waals surface area (Å²) in [6.45, 7) is 3.41. The topological polar surface area (TPSA) is 125 Å². The predicted octanol–water partition coefficient (Wildman–Crippen LogP) is 2.54. The summed E-state index contributed by atoms with van der Waals surface area (Å²) in [6, 6.07) is 3.37. The van der Waals surface area contributed by atoms with E-state index in [4.69, 9.17) is 4.74 Å². The smallest absolute Gasteiger partial charge is 0.336 e. The van der Waals surface area contributed by atoms with Crippen LogP contribution in [-0.2, 0) is 9.53 Å². The van der Waals surface area contributed by atoms with Crippen molar-refractivity contribution in [3.05, 3.63) is 67.0 Å².